The molecule has 3 rings (SSSR count). The highest BCUT2D eigenvalue weighted by Gasteiger charge is 2.46. The highest BCUT2D eigenvalue weighted by Crippen LogP contribution is 2.34. The van der Waals surface area contributed by atoms with Crippen molar-refractivity contribution in [3.05, 3.63) is 68.7 Å². The predicted molar refractivity (Wildman–Crippen MR) is 102 cm³/mol. The first kappa shape index (κ1) is 20.1. The third-order valence-electron chi connectivity index (χ3n) is 3.75. The smallest absolute Gasteiger partial charge is 0.435 e. The van der Waals surface area contributed by atoms with Gasteiger partial charge in [-0.15, -0.1) is 0 Å². The van der Waals surface area contributed by atoms with Gasteiger partial charge in [-0.25, -0.2) is 4.79 Å². The minimum atomic E-state index is -4.88. The number of benzene rings is 2. The van der Waals surface area contributed by atoms with Crippen molar-refractivity contribution in [1.29, 1.82) is 0 Å². The lowest BCUT2D eigenvalue weighted by Gasteiger charge is -2.12. The molecule has 1 aliphatic rings. The number of alkyl halides is 3. The fraction of sp³-hybridized carbons (Fsp3) is 0.0556. The second-order valence-corrected chi connectivity index (χ2v) is 6.97. The molecule has 28 heavy (non-hydrogen) atoms. The number of carboxylic acids is 1. The minimum absolute atomic E-state index is 0.117. The number of nitrogens with zero attached hydrogens (tertiary/aromatic N) is 2. The number of hydrogen-bond donors (Lipinski definition) is 1. The molecule has 0 atom stereocenters. The summed E-state index contributed by atoms with van der Waals surface area (Å²) in [7, 11) is 0. The van der Waals surface area contributed by atoms with Crippen LogP contribution >= 0.6 is 27.5 Å². The number of halogens is 5. The summed E-state index contributed by atoms with van der Waals surface area (Å²) in [6.07, 6.45) is -3.80. The molecule has 1 N–H and O–H groups in total. The van der Waals surface area contributed by atoms with Gasteiger partial charge in [0.25, 0.3) is 5.91 Å². The molecule has 0 bridgehead atoms. The third kappa shape index (κ3) is 3.95. The molecule has 0 radical (unpaired) electrons. The van der Waals surface area contributed by atoms with Gasteiger partial charge < -0.3 is 5.11 Å². The van der Waals surface area contributed by atoms with Gasteiger partial charge in [0.05, 0.1) is 21.8 Å². The highest BCUT2D eigenvalue weighted by molar-refractivity contribution is 9.10. The van der Waals surface area contributed by atoms with Crippen LogP contribution in [-0.4, -0.2) is 28.9 Å². The van der Waals surface area contributed by atoms with Gasteiger partial charge in [-0.3, -0.25) is 4.79 Å². The number of carbonyl (C=O) groups excluding carboxylic acids is 1. The zero-order chi connectivity index (χ0) is 20.6. The van der Waals surface area contributed by atoms with Crippen molar-refractivity contribution >= 4 is 56.9 Å². The number of amides is 1. The van der Waals surface area contributed by atoms with E-state index in [0.717, 1.165) is 16.6 Å². The van der Waals surface area contributed by atoms with E-state index in [1.165, 1.54) is 24.3 Å². The molecule has 1 heterocycles. The van der Waals surface area contributed by atoms with Gasteiger partial charge in [-0.1, -0.05) is 39.7 Å². The molecule has 144 valence electrons. The lowest BCUT2D eigenvalue weighted by atomic mass is 10.1. The standard InChI is InChI=1S/C18H9BrClF3N2O3/c19-10-3-1-9(2-4-10)7-13-15(18(21,22)23)24-25(16(13)26)11-5-6-14(20)12(8-11)17(27)28/h1-8H,(H,27,28)/b13-7+. The summed E-state index contributed by atoms with van der Waals surface area (Å²) in [6, 6.07) is 9.68. The summed E-state index contributed by atoms with van der Waals surface area (Å²) < 4.78 is 41.0. The second-order valence-electron chi connectivity index (χ2n) is 5.64. The van der Waals surface area contributed by atoms with E-state index < -0.39 is 29.3 Å². The van der Waals surface area contributed by atoms with Crippen molar-refractivity contribution in [2.45, 2.75) is 6.18 Å². The number of carboxylic acid groups (broad SMARTS) is 1. The average molecular weight is 474 g/mol. The Labute approximate surface area is 169 Å². The Balaban J connectivity index is 2.09. The summed E-state index contributed by atoms with van der Waals surface area (Å²) in [5.74, 6) is -2.42. The number of hydrazone groups is 1. The summed E-state index contributed by atoms with van der Waals surface area (Å²) >= 11 is 8.99. The van der Waals surface area contributed by atoms with Crippen LogP contribution < -0.4 is 5.01 Å². The van der Waals surface area contributed by atoms with E-state index in [4.69, 9.17) is 16.7 Å². The topological polar surface area (TPSA) is 70.0 Å². The molecule has 0 spiro atoms. The summed E-state index contributed by atoms with van der Waals surface area (Å²) in [6.45, 7) is 0. The van der Waals surface area contributed by atoms with E-state index in [1.54, 1.807) is 12.1 Å². The molecule has 1 aliphatic heterocycles. The second kappa shape index (κ2) is 7.40. The lowest BCUT2D eigenvalue weighted by Crippen LogP contribution is -2.25. The van der Waals surface area contributed by atoms with Crippen LogP contribution in [0.15, 0.2) is 57.6 Å². The minimum Gasteiger partial charge on any atom is -0.478 e. The van der Waals surface area contributed by atoms with Crippen LogP contribution in [0.3, 0.4) is 0 Å². The van der Waals surface area contributed by atoms with Crippen molar-refractivity contribution < 1.29 is 27.9 Å². The maximum atomic E-state index is 13.4. The van der Waals surface area contributed by atoms with E-state index in [-0.39, 0.29) is 16.3 Å². The Bertz CT molecular complexity index is 1030. The van der Waals surface area contributed by atoms with E-state index in [9.17, 15) is 22.8 Å². The van der Waals surface area contributed by atoms with Gasteiger partial charge in [-0.05, 0) is 42.0 Å². The van der Waals surface area contributed by atoms with Crippen LogP contribution in [0.25, 0.3) is 6.08 Å². The fourth-order valence-corrected chi connectivity index (χ4v) is 2.93. The molecule has 0 unspecified atom stereocenters. The van der Waals surface area contributed by atoms with Crippen LogP contribution in [0.2, 0.25) is 5.02 Å². The van der Waals surface area contributed by atoms with Crippen LogP contribution in [0.4, 0.5) is 18.9 Å². The molecule has 5 nitrogen and oxygen atoms in total. The van der Waals surface area contributed by atoms with Gasteiger partial charge in [0.15, 0.2) is 5.71 Å². The van der Waals surface area contributed by atoms with E-state index in [2.05, 4.69) is 21.0 Å². The Kier molecular flexibility index (Phi) is 5.31. The SMILES string of the molecule is O=C(O)c1cc(N2N=C(C(F)(F)F)/C(=C\c3ccc(Br)cc3)C2=O)ccc1Cl. The average Bonchev–Trinajstić information content (AvgIpc) is 2.94. The van der Waals surface area contributed by atoms with Crippen LogP contribution in [0.5, 0.6) is 0 Å². The monoisotopic (exact) mass is 472 g/mol. The first-order chi connectivity index (χ1) is 13.1. The summed E-state index contributed by atoms with van der Waals surface area (Å²) in [5.41, 5.74) is -2.16. The zero-order valence-electron chi connectivity index (χ0n) is 13.7. The Morgan fingerprint density at radius 2 is 1.82 bits per heavy atom. The molecule has 0 fully saturated rings. The predicted octanol–water partition coefficient (Wildman–Crippen LogP) is 5.15. The molecule has 2 aromatic rings. The Hall–Kier alpha value is -2.65. The van der Waals surface area contributed by atoms with Gasteiger partial charge >= 0.3 is 12.1 Å². The third-order valence-corrected chi connectivity index (χ3v) is 4.61. The molecular formula is C18H9BrClF3N2O3. The molecule has 10 heteroatoms. The maximum Gasteiger partial charge on any atom is 0.435 e. The lowest BCUT2D eigenvalue weighted by molar-refractivity contribution is -0.114. The zero-order valence-corrected chi connectivity index (χ0v) is 16.0. The van der Waals surface area contributed by atoms with Crippen molar-refractivity contribution in [3.63, 3.8) is 0 Å². The molecule has 0 aromatic heterocycles. The van der Waals surface area contributed by atoms with Crippen LogP contribution in [0, 0.1) is 0 Å². The number of anilines is 1. The largest absolute Gasteiger partial charge is 0.478 e. The van der Waals surface area contributed by atoms with Crippen LogP contribution in [-0.2, 0) is 4.79 Å². The number of hydrogen-bond acceptors (Lipinski definition) is 3. The first-order valence-corrected chi connectivity index (χ1v) is 8.76. The fourth-order valence-electron chi connectivity index (χ4n) is 2.46. The molecular weight excluding hydrogens is 465 g/mol. The summed E-state index contributed by atoms with van der Waals surface area (Å²) in [4.78, 5) is 23.9. The number of rotatable bonds is 3. The quantitative estimate of drug-likeness (QED) is 0.627. The van der Waals surface area contributed by atoms with E-state index >= 15 is 0 Å². The highest BCUT2D eigenvalue weighted by atomic mass is 79.9. The normalized spacial score (nSPS) is 15.9. The first-order valence-electron chi connectivity index (χ1n) is 7.58. The number of aromatic carboxylic acids is 1. The van der Waals surface area contributed by atoms with Gasteiger partial charge in [-0.2, -0.15) is 23.3 Å². The van der Waals surface area contributed by atoms with E-state index in [0.29, 0.717) is 10.6 Å². The van der Waals surface area contributed by atoms with Crippen LogP contribution in [0.1, 0.15) is 15.9 Å². The van der Waals surface area contributed by atoms with Crippen molar-refractivity contribution in [2.75, 3.05) is 5.01 Å². The molecule has 0 aliphatic carbocycles. The Morgan fingerprint density at radius 3 is 2.39 bits per heavy atom. The van der Waals surface area contributed by atoms with E-state index in [1.807, 2.05) is 0 Å². The number of carbonyl (C=O) groups is 2. The molecule has 0 saturated carbocycles. The molecule has 0 saturated heterocycles. The van der Waals surface area contributed by atoms with Gasteiger partial charge in [0, 0.05) is 4.47 Å². The summed E-state index contributed by atoms with van der Waals surface area (Å²) in [5, 5.41) is 12.9. The van der Waals surface area contributed by atoms with Crippen molar-refractivity contribution in [1.82, 2.24) is 0 Å². The van der Waals surface area contributed by atoms with Crippen molar-refractivity contribution in [3.8, 4) is 0 Å². The van der Waals surface area contributed by atoms with Gasteiger partial charge in [0.2, 0.25) is 0 Å². The maximum absolute atomic E-state index is 13.4. The molecule has 1 amide bonds. The Morgan fingerprint density at radius 1 is 1.18 bits per heavy atom. The molecule has 2 aromatic carbocycles. The van der Waals surface area contributed by atoms with Gasteiger partial charge in [0.1, 0.15) is 0 Å². The van der Waals surface area contributed by atoms with Crippen molar-refractivity contribution in [2.24, 2.45) is 5.10 Å².